The number of sulfonamides is 1. The molecule has 0 radical (unpaired) electrons. The first-order valence-corrected chi connectivity index (χ1v) is 5.29. The first-order chi connectivity index (χ1) is 5.88. The lowest BCUT2D eigenvalue weighted by atomic mass is 10.3. The third-order valence-corrected chi connectivity index (χ3v) is 2.21. The number of rotatable bonds is 2. The Morgan fingerprint density at radius 2 is 2.15 bits per heavy atom. The Balaban J connectivity index is 3.12. The van der Waals surface area contributed by atoms with Crippen LogP contribution in [-0.2, 0) is 15.8 Å². The molecule has 1 aromatic rings. The Labute approximate surface area is 75.6 Å². The minimum atomic E-state index is -3.63. The first kappa shape index (κ1) is 9.94. The van der Waals surface area contributed by atoms with E-state index in [0.717, 1.165) is 0 Å². The van der Waals surface area contributed by atoms with Crippen LogP contribution in [0.1, 0.15) is 11.3 Å². The highest BCUT2D eigenvalue weighted by molar-refractivity contribution is 7.88. The monoisotopic (exact) mass is 202 g/mol. The van der Waals surface area contributed by atoms with E-state index in [4.69, 9.17) is 5.14 Å². The van der Waals surface area contributed by atoms with E-state index in [-0.39, 0.29) is 11.0 Å². The molecule has 3 N–H and O–H groups in total. The van der Waals surface area contributed by atoms with Crippen molar-refractivity contribution in [2.75, 3.05) is 0 Å². The SMILES string of the molecule is Cc1cc(=O)c(CS(N)(=O)=O)c[nH]1. The fraction of sp³-hybridized carbons (Fsp3) is 0.286. The van der Waals surface area contributed by atoms with Crippen molar-refractivity contribution in [3.63, 3.8) is 0 Å². The van der Waals surface area contributed by atoms with Gasteiger partial charge in [-0.25, -0.2) is 13.6 Å². The quantitative estimate of drug-likeness (QED) is 0.675. The van der Waals surface area contributed by atoms with E-state index in [1.807, 2.05) is 0 Å². The van der Waals surface area contributed by atoms with Crippen LogP contribution in [-0.4, -0.2) is 13.4 Å². The summed E-state index contributed by atoms with van der Waals surface area (Å²) in [7, 11) is -3.63. The Morgan fingerprint density at radius 1 is 1.54 bits per heavy atom. The van der Waals surface area contributed by atoms with Crippen molar-refractivity contribution in [2.24, 2.45) is 5.14 Å². The van der Waals surface area contributed by atoms with Gasteiger partial charge in [-0.05, 0) is 6.92 Å². The molecule has 13 heavy (non-hydrogen) atoms. The Bertz CT molecular complexity index is 461. The molecule has 1 aromatic heterocycles. The van der Waals surface area contributed by atoms with Gasteiger partial charge in [-0.15, -0.1) is 0 Å². The van der Waals surface area contributed by atoms with Gasteiger partial charge in [-0.3, -0.25) is 4.79 Å². The van der Waals surface area contributed by atoms with Crippen LogP contribution in [0, 0.1) is 6.92 Å². The normalized spacial score (nSPS) is 11.5. The number of aromatic amines is 1. The number of nitrogens with two attached hydrogens (primary N) is 1. The molecular formula is C7H10N2O3S. The van der Waals surface area contributed by atoms with Gasteiger partial charge in [-0.1, -0.05) is 0 Å². The molecule has 0 unspecified atom stereocenters. The Hall–Kier alpha value is -1.14. The van der Waals surface area contributed by atoms with Crippen LogP contribution in [0.2, 0.25) is 0 Å². The maximum atomic E-state index is 11.2. The molecule has 0 bridgehead atoms. The van der Waals surface area contributed by atoms with E-state index < -0.39 is 15.8 Å². The van der Waals surface area contributed by atoms with Gasteiger partial charge in [0.05, 0.1) is 5.75 Å². The Kier molecular flexibility index (Phi) is 2.53. The minimum absolute atomic E-state index is 0.160. The fourth-order valence-corrected chi connectivity index (χ4v) is 1.59. The predicted molar refractivity (Wildman–Crippen MR) is 48.6 cm³/mol. The largest absolute Gasteiger partial charge is 0.365 e. The molecule has 72 valence electrons. The molecule has 0 aliphatic rings. The molecule has 6 heteroatoms. The second-order valence-corrected chi connectivity index (χ2v) is 4.43. The van der Waals surface area contributed by atoms with Gasteiger partial charge in [0, 0.05) is 23.5 Å². The van der Waals surface area contributed by atoms with E-state index >= 15 is 0 Å². The molecule has 0 saturated heterocycles. The number of aryl methyl sites for hydroxylation is 1. The summed E-state index contributed by atoms with van der Waals surface area (Å²) in [6, 6.07) is 1.33. The summed E-state index contributed by atoms with van der Waals surface area (Å²) in [6.07, 6.45) is 1.36. The maximum absolute atomic E-state index is 11.2. The van der Waals surface area contributed by atoms with Crippen molar-refractivity contribution in [1.29, 1.82) is 0 Å². The van der Waals surface area contributed by atoms with Crippen LogP contribution in [0.5, 0.6) is 0 Å². The number of nitrogens with one attached hydrogen (secondary N) is 1. The lowest BCUT2D eigenvalue weighted by molar-refractivity contribution is 0.596. The molecule has 1 heterocycles. The first-order valence-electron chi connectivity index (χ1n) is 3.57. The number of hydrogen-bond acceptors (Lipinski definition) is 3. The van der Waals surface area contributed by atoms with Crippen molar-refractivity contribution in [3.05, 3.63) is 33.7 Å². The zero-order valence-electron chi connectivity index (χ0n) is 7.07. The van der Waals surface area contributed by atoms with Crippen LogP contribution in [0.15, 0.2) is 17.1 Å². The summed E-state index contributed by atoms with van der Waals surface area (Å²) < 4.78 is 21.3. The highest BCUT2D eigenvalue weighted by atomic mass is 32.2. The van der Waals surface area contributed by atoms with E-state index in [1.165, 1.54) is 12.3 Å². The fourth-order valence-electron chi connectivity index (χ4n) is 0.933. The van der Waals surface area contributed by atoms with E-state index in [0.29, 0.717) is 5.69 Å². The maximum Gasteiger partial charge on any atom is 0.213 e. The van der Waals surface area contributed by atoms with Crippen LogP contribution >= 0.6 is 0 Å². The number of aromatic nitrogens is 1. The molecule has 1 rings (SSSR count). The van der Waals surface area contributed by atoms with Crippen LogP contribution in [0.4, 0.5) is 0 Å². The Morgan fingerprint density at radius 3 is 2.62 bits per heavy atom. The van der Waals surface area contributed by atoms with E-state index in [2.05, 4.69) is 4.98 Å². The predicted octanol–water partition coefficient (Wildman–Crippen LogP) is -0.528. The summed E-state index contributed by atoms with van der Waals surface area (Å²) in [5, 5.41) is 4.79. The van der Waals surface area contributed by atoms with Gasteiger partial charge in [0.25, 0.3) is 0 Å². The number of primary sulfonamides is 1. The van der Waals surface area contributed by atoms with E-state index in [1.54, 1.807) is 6.92 Å². The summed E-state index contributed by atoms with van der Waals surface area (Å²) in [5.74, 6) is -0.428. The molecule has 0 aliphatic carbocycles. The topological polar surface area (TPSA) is 93.0 Å². The van der Waals surface area contributed by atoms with Gasteiger partial charge in [0.2, 0.25) is 10.0 Å². The van der Waals surface area contributed by atoms with Gasteiger partial charge in [-0.2, -0.15) is 0 Å². The van der Waals surface area contributed by atoms with Gasteiger partial charge < -0.3 is 4.98 Å². The molecule has 5 nitrogen and oxygen atoms in total. The molecule has 0 atom stereocenters. The van der Waals surface area contributed by atoms with Crippen LogP contribution in [0.3, 0.4) is 0 Å². The second kappa shape index (κ2) is 3.31. The van der Waals surface area contributed by atoms with Crippen molar-refractivity contribution in [1.82, 2.24) is 4.98 Å². The van der Waals surface area contributed by atoms with Crippen LogP contribution < -0.4 is 10.6 Å². The van der Waals surface area contributed by atoms with Crippen LogP contribution in [0.25, 0.3) is 0 Å². The molecule has 0 saturated carbocycles. The smallest absolute Gasteiger partial charge is 0.213 e. The zero-order chi connectivity index (χ0) is 10.1. The minimum Gasteiger partial charge on any atom is -0.365 e. The number of H-pyrrole nitrogens is 1. The average molecular weight is 202 g/mol. The standard InChI is InChI=1S/C7H10N2O3S/c1-5-2-7(10)6(3-9-5)4-13(8,11)12/h2-3H,4H2,1H3,(H,9,10)(H2,8,11,12). The average Bonchev–Trinajstić information content (AvgIpc) is 1.93. The third kappa shape index (κ3) is 3.00. The number of hydrogen-bond donors (Lipinski definition) is 2. The number of pyridine rings is 1. The van der Waals surface area contributed by atoms with Crippen molar-refractivity contribution >= 4 is 10.0 Å². The van der Waals surface area contributed by atoms with Gasteiger partial charge in [0.15, 0.2) is 5.43 Å². The zero-order valence-corrected chi connectivity index (χ0v) is 7.89. The summed E-state index contributed by atoms with van der Waals surface area (Å²) in [6.45, 7) is 1.71. The van der Waals surface area contributed by atoms with Gasteiger partial charge in [0.1, 0.15) is 0 Å². The highest BCUT2D eigenvalue weighted by Crippen LogP contribution is 1.96. The summed E-state index contributed by atoms with van der Waals surface area (Å²) >= 11 is 0. The third-order valence-electron chi connectivity index (χ3n) is 1.49. The van der Waals surface area contributed by atoms with Gasteiger partial charge >= 0.3 is 0 Å². The molecule has 0 aromatic carbocycles. The van der Waals surface area contributed by atoms with Crippen molar-refractivity contribution in [3.8, 4) is 0 Å². The molecule has 0 amide bonds. The lowest BCUT2D eigenvalue weighted by Gasteiger charge is -1.98. The molecular weight excluding hydrogens is 192 g/mol. The lowest BCUT2D eigenvalue weighted by Crippen LogP contribution is -2.20. The van der Waals surface area contributed by atoms with Crippen molar-refractivity contribution < 1.29 is 8.42 Å². The molecule has 0 fully saturated rings. The summed E-state index contributed by atoms with van der Waals surface area (Å²) in [5.41, 5.74) is 0.529. The van der Waals surface area contributed by atoms with E-state index in [9.17, 15) is 13.2 Å². The molecule has 0 spiro atoms. The molecule has 0 aliphatic heterocycles. The highest BCUT2D eigenvalue weighted by Gasteiger charge is 2.07. The van der Waals surface area contributed by atoms with Crippen molar-refractivity contribution in [2.45, 2.75) is 12.7 Å². The summed E-state index contributed by atoms with van der Waals surface area (Å²) in [4.78, 5) is 13.9. The second-order valence-electron chi connectivity index (χ2n) is 2.81.